The van der Waals surface area contributed by atoms with E-state index in [1.807, 2.05) is 42.6 Å². The summed E-state index contributed by atoms with van der Waals surface area (Å²) >= 11 is 5.89. The molecular formula is C22H17ClN4O2. The Morgan fingerprint density at radius 3 is 2.72 bits per heavy atom. The third-order valence-corrected chi connectivity index (χ3v) is 4.77. The van der Waals surface area contributed by atoms with Crippen LogP contribution in [-0.2, 0) is 6.54 Å². The van der Waals surface area contributed by atoms with Crippen LogP contribution in [0.1, 0.15) is 21.5 Å². The van der Waals surface area contributed by atoms with Gasteiger partial charge in [0, 0.05) is 33.9 Å². The van der Waals surface area contributed by atoms with Crippen molar-refractivity contribution in [2.75, 3.05) is 0 Å². The number of nitrogens with zero attached hydrogens (tertiary/aromatic N) is 2. The van der Waals surface area contributed by atoms with Gasteiger partial charge in [0.05, 0.1) is 12.8 Å². The summed E-state index contributed by atoms with van der Waals surface area (Å²) in [6, 6.07) is 18.1. The number of H-pyrrole nitrogens is 1. The van der Waals surface area contributed by atoms with Crippen LogP contribution in [0.2, 0.25) is 5.02 Å². The van der Waals surface area contributed by atoms with Crippen molar-refractivity contribution in [2.45, 2.75) is 6.54 Å². The highest BCUT2D eigenvalue weighted by atomic mass is 35.5. The van der Waals surface area contributed by atoms with E-state index in [0.29, 0.717) is 11.6 Å². The van der Waals surface area contributed by atoms with Crippen LogP contribution in [-0.4, -0.2) is 21.7 Å². The van der Waals surface area contributed by atoms with Gasteiger partial charge in [-0.25, -0.2) is 5.43 Å². The Morgan fingerprint density at radius 2 is 1.90 bits per heavy atom. The zero-order chi connectivity index (χ0) is 20.2. The fourth-order valence-electron chi connectivity index (χ4n) is 3.04. The second-order valence-corrected chi connectivity index (χ2v) is 6.91. The van der Waals surface area contributed by atoms with E-state index in [9.17, 15) is 9.59 Å². The quantitative estimate of drug-likeness (QED) is 0.392. The lowest BCUT2D eigenvalue weighted by Crippen LogP contribution is -2.30. The maximum absolute atomic E-state index is 12.7. The fraction of sp³-hybridized carbons (Fsp3) is 0.0455. The van der Waals surface area contributed by atoms with E-state index in [-0.39, 0.29) is 11.1 Å². The Bertz CT molecular complexity index is 1260. The molecule has 6 nitrogen and oxygen atoms in total. The van der Waals surface area contributed by atoms with Crippen molar-refractivity contribution >= 4 is 34.6 Å². The summed E-state index contributed by atoms with van der Waals surface area (Å²) in [5, 5.41) is 5.62. The number of fused-ring (bicyclic) bond motifs is 1. The molecule has 0 saturated heterocycles. The van der Waals surface area contributed by atoms with Gasteiger partial charge in [-0.05, 0) is 35.9 Å². The maximum Gasteiger partial charge on any atom is 0.276 e. The van der Waals surface area contributed by atoms with Crippen molar-refractivity contribution in [1.29, 1.82) is 0 Å². The zero-order valence-electron chi connectivity index (χ0n) is 15.3. The first-order valence-corrected chi connectivity index (χ1v) is 9.33. The van der Waals surface area contributed by atoms with E-state index in [0.717, 1.165) is 22.0 Å². The van der Waals surface area contributed by atoms with Gasteiger partial charge in [0.1, 0.15) is 5.56 Å². The third kappa shape index (κ3) is 4.12. The van der Waals surface area contributed by atoms with Gasteiger partial charge in [0.15, 0.2) is 0 Å². The van der Waals surface area contributed by atoms with Crippen molar-refractivity contribution < 1.29 is 4.79 Å². The summed E-state index contributed by atoms with van der Waals surface area (Å²) in [6.45, 7) is 0.343. The normalized spacial score (nSPS) is 11.2. The smallest absolute Gasteiger partial charge is 0.276 e. The second-order valence-electron chi connectivity index (χ2n) is 6.47. The highest BCUT2D eigenvalue weighted by Crippen LogP contribution is 2.15. The molecule has 7 heteroatoms. The molecule has 2 N–H and O–H groups in total. The van der Waals surface area contributed by atoms with Gasteiger partial charge in [-0.2, -0.15) is 5.10 Å². The first kappa shape index (κ1) is 18.7. The van der Waals surface area contributed by atoms with Crippen molar-refractivity contribution in [3.63, 3.8) is 0 Å². The van der Waals surface area contributed by atoms with Gasteiger partial charge in [0.2, 0.25) is 0 Å². The predicted octanol–water partition coefficient (Wildman–Crippen LogP) is 3.80. The monoisotopic (exact) mass is 404 g/mol. The third-order valence-electron chi connectivity index (χ3n) is 4.52. The van der Waals surface area contributed by atoms with Crippen LogP contribution in [0.25, 0.3) is 10.9 Å². The largest absolute Gasteiger partial charge is 0.361 e. The lowest BCUT2D eigenvalue weighted by molar-refractivity contribution is 0.0953. The second kappa shape index (κ2) is 8.16. The molecule has 0 spiro atoms. The lowest BCUT2D eigenvalue weighted by atomic mass is 10.2. The molecular weight excluding hydrogens is 388 g/mol. The molecule has 0 fully saturated rings. The molecule has 4 rings (SSSR count). The zero-order valence-corrected chi connectivity index (χ0v) is 16.1. The van der Waals surface area contributed by atoms with Crippen LogP contribution in [0.5, 0.6) is 0 Å². The minimum atomic E-state index is -0.559. The number of aromatic amines is 1. The highest BCUT2D eigenvalue weighted by Gasteiger charge is 2.12. The number of halogens is 1. The number of benzene rings is 2. The van der Waals surface area contributed by atoms with Gasteiger partial charge >= 0.3 is 0 Å². The van der Waals surface area contributed by atoms with Crippen molar-refractivity contribution in [1.82, 2.24) is 15.0 Å². The van der Waals surface area contributed by atoms with Crippen LogP contribution >= 0.6 is 11.6 Å². The molecule has 0 radical (unpaired) electrons. The Hall–Kier alpha value is -3.64. The average molecular weight is 405 g/mol. The van der Waals surface area contributed by atoms with E-state index < -0.39 is 5.91 Å². The number of nitrogens with one attached hydrogen (secondary N) is 2. The summed E-state index contributed by atoms with van der Waals surface area (Å²) in [5.41, 5.74) is 4.80. The summed E-state index contributed by atoms with van der Waals surface area (Å²) in [5.74, 6) is -0.559. The molecule has 0 saturated carbocycles. The van der Waals surface area contributed by atoms with Gasteiger partial charge in [-0.15, -0.1) is 0 Å². The Morgan fingerprint density at radius 1 is 1.10 bits per heavy atom. The lowest BCUT2D eigenvalue weighted by Gasteiger charge is -2.08. The van der Waals surface area contributed by atoms with Crippen molar-refractivity contribution in [3.8, 4) is 0 Å². The molecule has 29 heavy (non-hydrogen) atoms. The molecule has 2 heterocycles. The number of aromatic nitrogens is 2. The minimum absolute atomic E-state index is 0.0255. The number of hydrogen-bond donors (Lipinski definition) is 2. The molecule has 144 valence electrons. The number of pyridine rings is 1. The summed E-state index contributed by atoms with van der Waals surface area (Å²) in [4.78, 5) is 28.2. The summed E-state index contributed by atoms with van der Waals surface area (Å²) in [7, 11) is 0. The Labute approximate surface area is 171 Å². The Kier molecular flexibility index (Phi) is 5.27. The van der Waals surface area contributed by atoms with E-state index in [2.05, 4.69) is 15.5 Å². The molecule has 1 amide bonds. The van der Waals surface area contributed by atoms with E-state index in [1.165, 1.54) is 10.6 Å². The average Bonchev–Trinajstić information content (AvgIpc) is 3.14. The van der Waals surface area contributed by atoms with Gasteiger partial charge in [0.25, 0.3) is 11.5 Å². The molecule has 4 aromatic rings. The molecule has 0 aliphatic heterocycles. The molecule has 0 aliphatic carbocycles. The molecule has 0 aliphatic rings. The maximum atomic E-state index is 12.7. The topological polar surface area (TPSA) is 79.2 Å². The number of hydrazone groups is 1. The number of amides is 1. The van der Waals surface area contributed by atoms with Crippen LogP contribution in [0.15, 0.2) is 83.0 Å². The number of carbonyl (C=O) groups excluding carboxylic acids is 1. The first-order valence-electron chi connectivity index (χ1n) is 8.95. The number of carbonyl (C=O) groups is 1. The SMILES string of the molecule is O=C(N/N=C\c1c[nH]c2ccccc12)c1cccn(Cc2ccc(Cl)cc2)c1=O. The predicted molar refractivity (Wildman–Crippen MR) is 115 cm³/mol. The van der Waals surface area contributed by atoms with Gasteiger partial charge in [-0.1, -0.05) is 41.9 Å². The minimum Gasteiger partial charge on any atom is -0.361 e. The molecule has 2 aromatic heterocycles. The Balaban J connectivity index is 1.50. The van der Waals surface area contributed by atoms with Crippen molar-refractivity contribution in [3.05, 3.63) is 105 Å². The highest BCUT2D eigenvalue weighted by molar-refractivity contribution is 6.30. The van der Waals surface area contributed by atoms with Crippen LogP contribution < -0.4 is 11.0 Å². The molecule has 0 atom stereocenters. The van der Waals surface area contributed by atoms with E-state index in [4.69, 9.17) is 11.6 Å². The molecule has 2 aromatic carbocycles. The number of para-hydroxylation sites is 1. The van der Waals surface area contributed by atoms with E-state index >= 15 is 0 Å². The van der Waals surface area contributed by atoms with Crippen molar-refractivity contribution in [2.24, 2.45) is 5.10 Å². The summed E-state index contributed by atoms with van der Waals surface area (Å²) < 4.78 is 1.47. The number of rotatable bonds is 5. The van der Waals surface area contributed by atoms with Gasteiger partial charge in [-0.3, -0.25) is 9.59 Å². The number of hydrogen-bond acceptors (Lipinski definition) is 3. The fourth-order valence-corrected chi connectivity index (χ4v) is 3.17. The standard InChI is InChI=1S/C22H17ClN4O2/c23-17-9-7-15(8-10-17)14-27-11-3-5-19(22(27)29)21(28)26-25-13-16-12-24-20-6-2-1-4-18(16)20/h1-13,24H,14H2,(H,26,28)/b25-13-. The van der Waals surface area contributed by atoms with Crippen LogP contribution in [0, 0.1) is 0 Å². The van der Waals surface area contributed by atoms with Crippen LogP contribution in [0.4, 0.5) is 0 Å². The molecule has 0 unspecified atom stereocenters. The first-order chi connectivity index (χ1) is 14.1. The van der Waals surface area contributed by atoms with E-state index in [1.54, 1.807) is 30.6 Å². The summed E-state index contributed by atoms with van der Waals surface area (Å²) in [6.07, 6.45) is 5.00. The van der Waals surface area contributed by atoms with Gasteiger partial charge < -0.3 is 9.55 Å². The molecule has 0 bridgehead atoms. The van der Waals surface area contributed by atoms with Crippen LogP contribution in [0.3, 0.4) is 0 Å².